The van der Waals surface area contributed by atoms with Crippen LogP contribution in [-0.4, -0.2) is 32.5 Å². The molecule has 8 nitrogen and oxygen atoms in total. The van der Waals surface area contributed by atoms with Gasteiger partial charge in [-0.05, 0) is 23.8 Å². The van der Waals surface area contributed by atoms with Crippen LogP contribution in [0, 0.1) is 10.1 Å². The molecular weight excluding hydrogens is 334 g/mol. The van der Waals surface area contributed by atoms with Crippen molar-refractivity contribution in [2.24, 2.45) is 0 Å². The van der Waals surface area contributed by atoms with Crippen molar-refractivity contribution in [3.63, 3.8) is 0 Å². The summed E-state index contributed by atoms with van der Waals surface area (Å²) in [6.07, 6.45) is 2.77. The van der Waals surface area contributed by atoms with E-state index >= 15 is 0 Å². The van der Waals surface area contributed by atoms with Gasteiger partial charge < -0.3 is 5.32 Å². The molecule has 0 radical (unpaired) electrons. The molecule has 1 amide bonds. The molecule has 0 atom stereocenters. The number of carbonyl (C=O) groups is 1. The Bertz CT molecular complexity index is 953. The molecular formula is C15H12ClN5O3. The Morgan fingerprint density at radius 3 is 2.92 bits per heavy atom. The van der Waals surface area contributed by atoms with Crippen LogP contribution in [0.25, 0.3) is 16.9 Å². The molecule has 0 aliphatic carbocycles. The maximum atomic E-state index is 11.6. The number of carbonyl (C=O) groups excluding carboxylic acids is 1. The van der Waals surface area contributed by atoms with Gasteiger partial charge in [0.15, 0.2) is 0 Å². The van der Waals surface area contributed by atoms with E-state index in [-0.39, 0.29) is 23.7 Å². The van der Waals surface area contributed by atoms with Crippen LogP contribution in [0.2, 0.25) is 5.02 Å². The highest BCUT2D eigenvalue weighted by atomic mass is 35.5. The number of fused-ring (bicyclic) bond motifs is 1. The first-order valence-electron chi connectivity index (χ1n) is 6.97. The molecule has 0 aliphatic heterocycles. The Morgan fingerprint density at radius 1 is 1.42 bits per heavy atom. The van der Waals surface area contributed by atoms with Gasteiger partial charge in [-0.1, -0.05) is 17.7 Å². The van der Waals surface area contributed by atoms with E-state index < -0.39 is 4.92 Å². The van der Waals surface area contributed by atoms with Gasteiger partial charge in [-0.15, -0.1) is 0 Å². The Kier molecular flexibility index (Phi) is 4.13. The van der Waals surface area contributed by atoms with Crippen molar-refractivity contribution < 1.29 is 9.72 Å². The van der Waals surface area contributed by atoms with Crippen LogP contribution >= 0.6 is 11.6 Å². The summed E-state index contributed by atoms with van der Waals surface area (Å²) < 4.78 is 1.39. The molecule has 0 spiro atoms. The van der Waals surface area contributed by atoms with Crippen LogP contribution in [0.1, 0.15) is 5.56 Å². The SMILES string of the molecule is CNC(=O)Cc1cc(-c2ccnc3c([N+](=O)[O-])cnn23)ccc1Cl. The van der Waals surface area contributed by atoms with Crippen LogP contribution in [0.4, 0.5) is 5.69 Å². The first kappa shape index (κ1) is 15.9. The molecule has 2 aromatic heterocycles. The number of nitro groups is 1. The Hall–Kier alpha value is -3.00. The fourth-order valence-corrected chi connectivity index (χ4v) is 2.54. The minimum atomic E-state index is -0.530. The normalized spacial score (nSPS) is 10.8. The van der Waals surface area contributed by atoms with Crippen LogP contribution < -0.4 is 5.32 Å². The molecule has 0 saturated carbocycles. The minimum absolute atomic E-state index is 0.136. The van der Waals surface area contributed by atoms with Gasteiger partial charge in [0.05, 0.1) is 17.0 Å². The van der Waals surface area contributed by atoms with Gasteiger partial charge in [-0.3, -0.25) is 14.9 Å². The highest BCUT2D eigenvalue weighted by molar-refractivity contribution is 6.31. The molecule has 122 valence electrons. The van der Waals surface area contributed by atoms with E-state index in [9.17, 15) is 14.9 Å². The quantitative estimate of drug-likeness (QED) is 0.577. The summed E-state index contributed by atoms with van der Waals surface area (Å²) in [6, 6.07) is 6.90. The van der Waals surface area contributed by atoms with Crippen molar-refractivity contribution in [2.75, 3.05) is 7.05 Å². The number of aromatic nitrogens is 3. The maximum absolute atomic E-state index is 11.6. The summed E-state index contributed by atoms with van der Waals surface area (Å²) in [6.45, 7) is 0. The lowest BCUT2D eigenvalue weighted by atomic mass is 10.1. The molecule has 3 rings (SSSR count). The number of benzene rings is 1. The molecule has 9 heteroatoms. The molecule has 0 fully saturated rings. The topological polar surface area (TPSA) is 102 Å². The molecule has 24 heavy (non-hydrogen) atoms. The zero-order valence-corrected chi connectivity index (χ0v) is 13.3. The van der Waals surface area contributed by atoms with E-state index in [4.69, 9.17) is 11.6 Å². The monoisotopic (exact) mass is 345 g/mol. The smallest absolute Gasteiger partial charge is 0.333 e. The lowest BCUT2D eigenvalue weighted by molar-refractivity contribution is -0.383. The van der Waals surface area contributed by atoms with E-state index in [2.05, 4.69) is 15.4 Å². The zero-order chi connectivity index (χ0) is 17.3. The van der Waals surface area contributed by atoms with Gasteiger partial charge in [-0.25, -0.2) is 9.50 Å². The third-order valence-electron chi connectivity index (χ3n) is 3.55. The summed E-state index contributed by atoms with van der Waals surface area (Å²) in [4.78, 5) is 26.1. The average molecular weight is 346 g/mol. The van der Waals surface area contributed by atoms with Gasteiger partial charge >= 0.3 is 5.69 Å². The predicted molar refractivity (Wildman–Crippen MR) is 87.9 cm³/mol. The van der Waals surface area contributed by atoms with E-state index in [0.29, 0.717) is 16.3 Å². The number of nitrogens with one attached hydrogen (secondary N) is 1. The summed E-state index contributed by atoms with van der Waals surface area (Å²) in [5, 5.41) is 18.1. The number of halogens is 1. The second-order valence-corrected chi connectivity index (χ2v) is 5.42. The van der Waals surface area contributed by atoms with Crippen LogP contribution in [0.3, 0.4) is 0 Å². The van der Waals surface area contributed by atoms with Crippen molar-refractivity contribution in [3.8, 4) is 11.3 Å². The number of nitrogens with zero attached hydrogens (tertiary/aromatic N) is 4. The van der Waals surface area contributed by atoms with E-state index in [1.54, 1.807) is 31.3 Å². The lowest BCUT2D eigenvalue weighted by Gasteiger charge is -2.08. The van der Waals surface area contributed by atoms with Crippen molar-refractivity contribution >= 4 is 28.8 Å². The second-order valence-electron chi connectivity index (χ2n) is 5.01. The Morgan fingerprint density at radius 2 is 2.21 bits per heavy atom. The van der Waals surface area contributed by atoms with Crippen LogP contribution in [0.15, 0.2) is 36.7 Å². The van der Waals surface area contributed by atoms with Crippen LogP contribution in [-0.2, 0) is 11.2 Å². The Balaban J connectivity index is 2.12. The Labute approximate surface area is 141 Å². The van der Waals surface area contributed by atoms with Crippen molar-refractivity contribution in [1.82, 2.24) is 19.9 Å². The standard InChI is InChI=1S/C15H12ClN5O3/c1-17-14(22)7-10-6-9(2-3-11(10)16)12-4-5-18-15-13(21(23)24)8-19-20(12)15/h2-6,8H,7H2,1H3,(H,17,22). The van der Waals surface area contributed by atoms with Crippen molar-refractivity contribution in [1.29, 1.82) is 0 Å². The fraction of sp³-hybridized carbons (Fsp3) is 0.133. The maximum Gasteiger partial charge on any atom is 0.333 e. The summed E-state index contributed by atoms with van der Waals surface area (Å²) in [5.41, 5.74) is 1.98. The largest absolute Gasteiger partial charge is 0.359 e. The molecule has 1 aromatic carbocycles. The van der Waals surface area contributed by atoms with Gasteiger partial charge in [0, 0.05) is 23.8 Å². The minimum Gasteiger partial charge on any atom is -0.359 e. The highest BCUT2D eigenvalue weighted by Gasteiger charge is 2.18. The van der Waals surface area contributed by atoms with Crippen molar-refractivity contribution in [3.05, 3.63) is 57.4 Å². The molecule has 3 aromatic rings. The summed E-state index contributed by atoms with van der Waals surface area (Å²) in [5.74, 6) is -0.163. The molecule has 0 saturated heterocycles. The number of hydrogen-bond acceptors (Lipinski definition) is 5. The number of hydrogen-bond donors (Lipinski definition) is 1. The molecule has 2 heterocycles. The highest BCUT2D eigenvalue weighted by Crippen LogP contribution is 2.27. The van der Waals surface area contributed by atoms with Crippen molar-refractivity contribution in [2.45, 2.75) is 6.42 Å². The third-order valence-corrected chi connectivity index (χ3v) is 3.92. The van der Waals surface area contributed by atoms with Gasteiger partial charge in [-0.2, -0.15) is 5.10 Å². The predicted octanol–water partition coefficient (Wildman–Crippen LogP) is 2.25. The molecule has 0 aliphatic rings. The first-order valence-corrected chi connectivity index (χ1v) is 7.35. The van der Waals surface area contributed by atoms with E-state index in [1.165, 1.54) is 10.7 Å². The van der Waals surface area contributed by atoms with E-state index in [0.717, 1.165) is 11.8 Å². The van der Waals surface area contributed by atoms with Gasteiger partial charge in [0.1, 0.15) is 6.20 Å². The lowest BCUT2D eigenvalue weighted by Crippen LogP contribution is -2.20. The summed E-state index contributed by atoms with van der Waals surface area (Å²) >= 11 is 6.14. The zero-order valence-electron chi connectivity index (χ0n) is 12.6. The van der Waals surface area contributed by atoms with E-state index in [1.807, 2.05) is 0 Å². The average Bonchev–Trinajstić information content (AvgIpc) is 3.01. The second kappa shape index (κ2) is 6.25. The van der Waals surface area contributed by atoms with Crippen LogP contribution in [0.5, 0.6) is 0 Å². The molecule has 0 unspecified atom stereocenters. The number of rotatable bonds is 4. The number of amides is 1. The summed E-state index contributed by atoms with van der Waals surface area (Å²) in [7, 11) is 1.55. The number of likely N-dealkylation sites (N-methyl/N-ethyl adjacent to an activating group) is 1. The van der Waals surface area contributed by atoms with Gasteiger partial charge in [0.2, 0.25) is 11.6 Å². The molecule has 1 N–H and O–H groups in total. The van der Waals surface area contributed by atoms with Gasteiger partial charge in [0.25, 0.3) is 0 Å². The third kappa shape index (κ3) is 2.79. The molecule has 0 bridgehead atoms. The first-order chi connectivity index (χ1) is 11.5. The fourth-order valence-electron chi connectivity index (χ4n) is 2.36.